The van der Waals surface area contributed by atoms with E-state index in [9.17, 15) is 9.59 Å². The minimum atomic E-state index is -0.506. The van der Waals surface area contributed by atoms with Gasteiger partial charge in [0.05, 0.1) is 5.56 Å². The Morgan fingerprint density at radius 3 is 2.45 bits per heavy atom. The smallest absolute Gasteiger partial charge is 0.336 e. The van der Waals surface area contributed by atoms with Crippen molar-refractivity contribution >= 4 is 23.9 Å². The quantitative estimate of drug-likeness (QED) is 0.352. The summed E-state index contributed by atoms with van der Waals surface area (Å²) in [5, 5.41) is 0. The molecule has 0 aromatic heterocycles. The molecule has 4 rings (SSSR count). The van der Waals surface area contributed by atoms with Crippen LogP contribution in [-0.2, 0) is 4.79 Å². The molecule has 0 amide bonds. The van der Waals surface area contributed by atoms with Gasteiger partial charge in [-0.05, 0) is 42.3 Å². The maximum Gasteiger partial charge on any atom is 0.336 e. The van der Waals surface area contributed by atoms with E-state index in [4.69, 9.17) is 9.47 Å². The molecule has 0 spiro atoms. The lowest BCUT2D eigenvalue weighted by Gasteiger charge is -2.03. The molecular weight excluding hydrogens is 364 g/mol. The number of benzene rings is 3. The summed E-state index contributed by atoms with van der Waals surface area (Å²) in [6.07, 6.45) is 4.74. The average molecular weight is 382 g/mol. The van der Waals surface area contributed by atoms with Crippen molar-refractivity contribution in [3.8, 4) is 11.5 Å². The van der Waals surface area contributed by atoms with Crippen LogP contribution in [0.15, 0.2) is 84.6 Å². The Kier molecular flexibility index (Phi) is 5.08. The van der Waals surface area contributed by atoms with Gasteiger partial charge in [-0.2, -0.15) is 0 Å². The van der Waals surface area contributed by atoms with Crippen molar-refractivity contribution in [2.75, 3.05) is 0 Å². The lowest BCUT2D eigenvalue weighted by Crippen LogP contribution is -2.03. The third kappa shape index (κ3) is 4.33. The first-order chi connectivity index (χ1) is 14.1. The van der Waals surface area contributed by atoms with Crippen LogP contribution in [0.3, 0.4) is 0 Å². The first-order valence-electron chi connectivity index (χ1n) is 9.18. The van der Waals surface area contributed by atoms with Crippen molar-refractivity contribution in [3.63, 3.8) is 0 Å². The molecule has 1 heterocycles. The number of fused-ring (bicyclic) bond motifs is 1. The Morgan fingerprint density at radius 2 is 1.69 bits per heavy atom. The number of hydrogen-bond acceptors (Lipinski definition) is 4. The van der Waals surface area contributed by atoms with Gasteiger partial charge in [0.15, 0.2) is 5.76 Å². The molecule has 0 bridgehead atoms. The summed E-state index contributed by atoms with van der Waals surface area (Å²) in [5.41, 5.74) is 3.37. The van der Waals surface area contributed by atoms with Crippen LogP contribution in [-0.4, -0.2) is 11.8 Å². The molecule has 0 atom stereocenters. The normalized spacial score (nSPS) is 14.1. The zero-order valence-electron chi connectivity index (χ0n) is 15.8. The standard InChI is InChI=1S/C25H18O4/c1-17-7-9-19(10-8-17)15-23-25(27)21-13-12-20(16-22(21)29-23)28-24(26)14-11-18-5-3-2-4-6-18/h2-16H,1H3. The van der Waals surface area contributed by atoms with E-state index >= 15 is 0 Å². The van der Waals surface area contributed by atoms with Crippen LogP contribution < -0.4 is 9.47 Å². The van der Waals surface area contributed by atoms with Crippen LogP contribution in [0, 0.1) is 6.92 Å². The molecule has 1 aliphatic rings. The van der Waals surface area contributed by atoms with Crippen LogP contribution in [0.25, 0.3) is 12.2 Å². The molecule has 3 aromatic rings. The van der Waals surface area contributed by atoms with E-state index in [0.717, 1.165) is 16.7 Å². The van der Waals surface area contributed by atoms with Gasteiger partial charge >= 0.3 is 5.97 Å². The number of hydrogen-bond donors (Lipinski definition) is 0. The van der Waals surface area contributed by atoms with E-state index in [1.165, 1.54) is 6.08 Å². The topological polar surface area (TPSA) is 52.6 Å². The fraction of sp³-hybridized carbons (Fsp3) is 0.0400. The summed E-state index contributed by atoms with van der Waals surface area (Å²) < 4.78 is 11.0. The van der Waals surface area contributed by atoms with Crippen molar-refractivity contribution in [2.45, 2.75) is 6.92 Å². The maximum absolute atomic E-state index is 12.5. The number of esters is 1. The second-order valence-corrected chi connectivity index (χ2v) is 6.67. The van der Waals surface area contributed by atoms with E-state index < -0.39 is 5.97 Å². The summed E-state index contributed by atoms with van der Waals surface area (Å²) in [6, 6.07) is 22.0. The summed E-state index contributed by atoms with van der Waals surface area (Å²) in [4.78, 5) is 24.6. The third-order valence-electron chi connectivity index (χ3n) is 4.45. The lowest BCUT2D eigenvalue weighted by atomic mass is 10.1. The highest BCUT2D eigenvalue weighted by atomic mass is 16.5. The number of aryl methyl sites for hydroxylation is 1. The summed E-state index contributed by atoms with van der Waals surface area (Å²) >= 11 is 0. The highest BCUT2D eigenvalue weighted by Gasteiger charge is 2.27. The second-order valence-electron chi connectivity index (χ2n) is 6.67. The van der Waals surface area contributed by atoms with E-state index in [1.54, 1.807) is 30.4 Å². The van der Waals surface area contributed by atoms with E-state index in [0.29, 0.717) is 17.1 Å². The Labute approximate surface area is 168 Å². The van der Waals surface area contributed by atoms with E-state index in [2.05, 4.69) is 0 Å². The third-order valence-corrected chi connectivity index (χ3v) is 4.45. The van der Waals surface area contributed by atoms with Crippen molar-refractivity contribution in [3.05, 3.63) is 107 Å². The van der Waals surface area contributed by atoms with Gasteiger partial charge in [-0.15, -0.1) is 0 Å². The first-order valence-corrected chi connectivity index (χ1v) is 9.18. The molecule has 0 saturated carbocycles. The highest BCUT2D eigenvalue weighted by Crippen LogP contribution is 2.35. The van der Waals surface area contributed by atoms with E-state index in [1.807, 2.05) is 61.5 Å². The number of carbonyl (C=O) groups excluding carboxylic acids is 2. The molecule has 29 heavy (non-hydrogen) atoms. The fourth-order valence-electron chi connectivity index (χ4n) is 2.92. The molecule has 0 aliphatic carbocycles. The monoisotopic (exact) mass is 382 g/mol. The van der Waals surface area contributed by atoms with Crippen LogP contribution >= 0.6 is 0 Å². The van der Waals surface area contributed by atoms with Crippen LogP contribution in [0.2, 0.25) is 0 Å². The highest BCUT2D eigenvalue weighted by molar-refractivity contribution is 6.14. The predicted molar refractivity (Wildman–Crippen MR) is 112 cm³/mol. The summed E-state index contributed by atoms with van der Waals surface area (Å²) in [7, 11) is 0. The number of carbonyl (C=O) groups is 2. The van der Waals surface area contributed by atoms with Crippen LogP contribution in [0.4, 0.5) is 0 Å². The van der Waals surface area contributed by atoms with E-state index in [-0.39, 0.29) is 11.5 Å². The largest absolute Gasteiger partial charge is 0.452 e. The van der Waals surface area contributed by atoms with Crippen molar-refractivity contribution in [1.29, 1.82) is 0 Å². The van der Waals surface area contributed by atoms with Gasteiger partial charge in [0.2, 0.25) is 5.78 Å². The van der Waals surface area contributed by atoms with Gasteiger partial charge in [0.25, 0.3) is 0 Å². The molecule has 0 saturated heterocycles. The Balaban J connectivity index is 1.48. The molecule has 3 aromatic carbocycles. The molecule has 4 nitrogen and oxygen atoms in total. The fourth-order valence-corrected chi connectivity index (χ4v) is 2.92. The van der Waals surface area contributed by atoms with Crippen LogP contribution in [0.5, 0.6) is 11.5 Å². The zero-order chi connectivity index (χ0) is 20.2. The molecule has 1 aliphatic heterocycles. The van der Waals surface area contributed by atoms with Gasteiger partial charge in [0.1, 0.15) is 11.5 Å². The van der Waals surface area contributed by atoms with Crippen molar-refractivity contribution in [1.82, 2.24) is 0 Å². The Hall–Kier alpha value is -3.92. The minimum Gasteiger partial charge on any atom is -0.452 e. The Bertz CT molecular complexity index is 1120. The molecule has 0 fully saturated rings. The van der Waals surface area contributed by atoms with Crippen LogP contribution in [0.1, 0.15) is 27.0 Å². The van der Waals surface area contributed by atoms with Crippen molar-refractivity contribution in [2.24, 2.45) is 0 Å². The van der Waals surface area contributed by atoms with Gasteiger partial charge < -0.3 is 9.47 Å². The molecule has 0 radical (unpaired) electrons. The molecule has 142 valence electrons. The molecular formula is C25H18O4. The minimum absolute atomic E-state index is 0.192. The maximum atomic E-state index is 12.5. The number of rotatable bonds is 4. The predicted octanol–water partition coefficient (Wildman–Crippen LogP) is 5.23. The number of ketones is 1. The summed E-state index contributed by atoms with van der Waals surface area (Å²) in [5.74, 6) is 0.244. The number of ether oxygens (including phenoxy) is 2. The zero-order valence-corrected chi connectivity index (χ0v) is 15.8. The van der Waals surface area contributed by atoms with Crippen molar-refractivity contribution < 1.29 is 19.1 Å². The first kappa shape index (κ1) is 18.4. The Morgan fingerprint density at radius 1 is 0.931 bits per heavy atom. The summed E-state index contributed by atoms with van der Waals surface area (Å²) in [6.45, 7) is 2.00. The van der Waals surface area contributed by atoms with Gasteiger partial charge in [-0.1, -0.05) is 60.2 Å². The van der Waals surface area contributed by atoms with Gasteiger partial charge in [-0.25, -0.2) is 4.79 Å². The van der Waals surface area contributed by atoms with Gasteiger partial charge in [0, 0.05) is 12.1 Å². The second kappa shape index (κ2) is 7.98. The number of Topliss-reactive ketones (excluding diaryl/α,β-unsaturated/α-hetero) is 1. The number of allylic oxidation sites excluding steroid dienone is 1. The SMILES string of the molecule is Cc1ccc(C=C2Oc3cc(OC(=O)C=Cc4ccccc4)ccc3C2=O)cc1. The van der Waals surface area contributed by atoms with Gasteiger partial charge in [-0.3, -0.25) is 4.79 Å². The average Bonchev–Trinajstić information content (AvgIpc) is 3.04. The molecule has 4 heteroatoms. The lowest BCUT2D eigenvalue weighted by molar-refractivity contribution is -0.128. The molecule has 0 unspecified atom stereocenters. The molecule has 0 N–H and O–H groups in total.